The van der Waals surface area contributed by atoms with Gasteiger partial charge >= 0.3 is 5.97 Å². The summed E-state index contributed by atoms with van der Waals surface area (Å²) in [5, 5.41) is 9.15. The van der Waals surface area contributed by atoms with Gasteiger partial charge in [0.25, 0.3) is 0 Å². The molecular weight excluding hydrogens is 202 g/mol. The first kappa shape index (κ1) is 11.1. The molecule has 0 bridgehead atoms. The fourth-order valence-electron chi connectivity index (χ4n) is 2.51. The van der Waals surface area contributed by atoms with E-state index in [-0.39, 0.29) is 12.0 Å². The number of carboxylic acids is 1. The molecule has 1 N–H and O–H groups in total. The molecule has 3 nitrogen and oxygen atoms in total. The van der Waals surface area contributed by atoms with E-state index in [0.717, 1.165) is 13.0 Å². The van der Waals surface area contributed by atoms with Gasteiger partial charge < -0.3 is 5.11 Å². The lowest BCUT2D eigenvalue weighted by Crippen LogP contribution is -2.38. The molecule has 2 unspecified atom stereocenters. The van der Waals surface area contributed by atoms with Gasteiger partial charge in [0.15, 0.2) is 0 Å². The number of likely N-dealkylation sites (N-methyl/N-ethyl adjacent to an activating group) is 1. The van der Waals surface area contributed by atoms with Gasteiger partial charge in [-0.1, -0.05) is 31.2 Å². The zero-order valence-electron chi connectivity index (χ0n) is 9.68. The highest BCUT2D eigenvalue weighted by atomic mass is 16.4. The van der Waals surface area contributed by atoms with Crippen molar-refractivity contribution in [2.45, 2.75) is 19.4 Å². The van der Waals surface area contributed by atoms with Crippen molar-refractivity contribution in [2.75, 3.05) is 13.6 Å². The second kappa shape index (κ2) is 4.26. The smallest absolute Gasteiger partial charge is 0.308 e. The third kappa shape index (κ3) is 1.83. The predicted molar refractivity (Wildman–Crippen MR) is 62.3 cm³/mol. The van der Waals surface area contributed by atoms with Crippen LogP contribution in [0.2, 0.25) is 0 Å². The van der Waals surface area contributed by atoms with E-state index in [0.29, 0.717) is 0 Å². The fourth-order valence-corrected chi connectivity index (χ4v) is 2.51. The Bertz CT molecular complexity index is 403. The molecule has 16 heavy (non-hydrogen) atoms. The lowest BCUT2D eigenvalue weighted by Gasteiger charge is -2.36. The number of hydrogen-bond acceptors (Lipinski definition) is 2. The molecule has 1 aromatic carbocycles. The maximum Gasteiger partial charge on any atom is 0.308 e. The maximum absolute atomic E-state index is 11.1. The molecule has 0 fully saturated rings. The summed E-state index contributed by atoms with van der Waals surface area (Å²) in [5.41, 5.74) is 2.46. The number of carboxylic acid groups (broad SMARTS) is 1. The van der Waals surface area contributed by atoms with Gasteiger partial charge in [-0.05, 0) is 24.6 Å². The van der Waals surface area contributed by atoms with Gasteiger partial charge in [0.05, 0.1) is 5.92 Å². The van der Waals surface area contributed by atoms with Crippen LogP contribution in [0.3, 0.4) is 0 Å². The van der Waals surface area contributed by atoms with Crippen LogP contribution in [0, 0.1) is 5.92 Å². The van der Waals surface area contributed by atoms with E-state index < -0.39 is 5.97 Å². The van der Waals surface area contributed by atoms with E-state index in [1.165, 1.54) is 11.1 Å². The lowest BCUT2D eigenvalue weighted by molar-refractivity contribution is -0.143. The minimum atomic E-state index is -0.728. The minimum Gasteiger partial charge on any atom is -0.481 e. The van der Waals surface area contributed by atoms with Crippen LogP contribution in [0.1, 0.15) is 24.1 Å². The topological polar surface area (TPSA) is 40.5 Å². The summed E-state index contributed by atoms with van der Waals surface area (Å²) in [6.07, 6.45) is 1.01. The van der Waals surface area contributed by atoms with E-state index in [4.69, 9.17) is 5.11 Å². The molecule has 0 spiro atoms. The standard InChI is InChI=1S/C13H17NO2/c1-9(13(15)16)12-11-6-4-3-5-10(11)7-8-14(12)2/h3-6,9,12H,7-8H2,1-2H3,(H,15,16). The first-order valence-corrected chi connectivity index (χ1v) is 5.62. The molecule has 1 aliphatic rings. The Balaban J connectivity index is 2.40. The van der Waals surface area contributed by atoms with Crippen molar-refractivity contribution in [3.8, 4) is 0 Å². The predicted octanol–water partition coefficient (Wildman–Crippen LogP) is 1.94. The van der Waals surface area contributed by atoms with Crippen LogP contribution in [-0.4, -0.2) is 29.6 Å². The SMILES string of the molecule is CC(C(=O)O)C1c2ccccc2CCN1C. The van der Waals surface area contributed by atoms with Crippen LogP contribution in [-0.2, 0) is 11.2 Å². The zero-order chi connectivity index (χ0) is 11.7. The maximum atomic E-state index is 11.1. The number of fused-ring (bicyclic) bond motifs is 1. The highest BCUT2D eigenvalue weighted by Gasteiger charge is 2.32. The first-order chi connectivity index (χ1) is 7.61. The van der Waals surface area contributed by atoms with Crippen molar-refractivity contribution >= 4 is 5.97 Å². The average Bonchev–Trinajstić information content (AvgIpc) is 2.28. The van der Waals surface area contributed by atoms with Crippen molar-refractivity contribution in [2.24, 2.45) is 5.92 Å². The van der Waals surface area contributed by atoms with Crippen LogP contribution in [0.5, 0.6) is 0 Å². The van der Waals surface area contributed by atoms with Gasteiger partial charge in [-0.15, -0.1) is 0 Å². The van der Waals surface area contributed by atoms with Crippen molar-refractivity contribution in [1.82, 2.24) is 4.90 Å². The summed E-state index contributed by atoms with van der Waals surface area (Å²) in [6.45, 7) is 2.71. The lowest BCUT2D eigenvalue weighted by atomic mass is 9.86. The van der Waals surface area contributed by atoms with Gasteiger partial charge in [0.1, 0.15) is 0 Å². The molecule has 0 aromatic heterocycles. The Morgan fingerprint density at radius 2 is 2.19 bits per heavy atom. The van der Waals surface area contributed by atoms with Crippen molar-refractivity contribution in [3.05, 3.63) is 35.4 Å². The minimum absolute atomic E-state index is 0.00227. The van der Waals surface area contributed by atoms with Crippen LogP contribution in [0.25, 0.3) is 0 Å². The molecule has 0 saturated heterocycles. The van der Waals surface area contributed by atoms with Crippen molar-refractivity contribution in [3.63, 3.8) is 0 Å². The number of hydrogen-bond donors (Lipinski definition) is 1. The van der Waals surface area contributed by atoms with Gasteiger partial charge in [-0.25, -0.2) is 0 Å². The van der Waals surface area contributed by atoms with E-state index in [2.05, 4.69) is 17.0 Å². The van der Waals surface area contributed by atoms with Gasteiger partial charge in [-0.3, -0.25) is 9.69 Å². The normalized spacial score (nSPS) is 22.5. The molecule has 1 aliphatic heterocycles. The van der Waals surface area contributed by atoms with E-state index in [1.54, 1.807) is 6.92 Å². The second-order valence-electron chi connectivity index (χ2n) is 4.50. The second-order valence-corrected chi connectivity index (χ2v) is 4.50. The Labute approximate surface area is 95.7 Å². The van der Waals surface area contributed by atoms with Crippen LogP contribution < -0.4 is 0 Å². The van der Waals surface area contributed by atoms with Crippen LogP contribution in [0.4, 0.5) is 0 Å². The summed E-state index contributed by atoms with van der Waals surface area (Å²) in [5.74, 6) is -1.10. The summed E-state index contributed by atoms with van der Waals surface area (Å²) >= 11 is 0. The number of nitrogens with zero attached hydrogens (tertiary/aromatic N) is 1. The van der Waals surface area contributed by atoms with Gasteiger partial charge in [0, 0.05) is 12.6 Å². The van der Waals surface area contributed by atoms with Gasteiger partial charge in [0.2, 0.25) is 0 Å². The summed E-state index contributed by atoms with van der Waals surface area (Å²) < 4.78 is 0. The Morgan fingerprint density at radius 1 is 1.50 bits per heavy atom. The highest BCUT2D eigenvalue weighted by molar-refractivity contribution is 5.71. The summed E-state index contributed by atoms with van der Waals surface area (Å²) in [4.78, 5) is 13.3. The number of carbonyl (C=O) groups is 1. The molecule has 0 aliphatic carbocycles. The average molecular weight is 219 g/mol. The first-order valence-electron chi connectivity index (χ1n) is 5.62. The molecular formula is C13H17NO2. The van der Waals surface area contributed by atoms with E-state index in [1.807, 2.05) is 19.2 Å². The molecule has 0 radical (unpaired) electrons. The van der Waals surface area contributed by atoms with Crippen LogP contribution >= 0.6 is 0 Å². The summed E-state index contributed by atoms with van der Waals surface area (Å²) in [7, 11) is 2.00. The third-order valence-electron chi connectivity index (χ3n) is 3.45. The molecule has 86 valence electrons. The molecule has 3 heteroatoms. The molecule has 2 atom stereocenters. The van der Waals surface area contributed by atoms with Crippen molar-refractivity contribution in [1.29, 1.82) is 0 Å². The number of benzene rings is 1. The summed E-state index contributed by atoms with van der Waals surface area (Å²) in [6, 6.07) is 8.16. The number of rotatable bonds is 2. The quantitative estimate of drug-likeness (QED) is 0.826. The largest absolute Gasteiger partial charge is 0.481 e. The van der Waals surface area contributed by atoms with Crippen molar-refractivity contribution < 1.29 is 9.90 Å². The molecule has 1 heterocycles. The Hall–Kier alpha value is -1.35. The van der Waals surface area contributed by atoms with Crippen LogP contribution in [0.15, 0.2) is 24.3 Å². The molecule has 1 aromatic rings. The zero-order valence-corrected chi connectivity index (χ0v) is 9.68. The highest BCUT2D eigenvalue weighted by Crippen LogP contribution is 2.34. The van der Waals surface area contributed by atoms with E-state index in [9.17, 15) is 4.79 Å². The Morgan fingerprint density at radius 3 is 2.88 bits per heavy atom. The Kier molecular flexibility index (Phi) is 2.97. The van der Waals surface area contributed by atoms with Gasteiger partial charge in [-0.2, -0.15) is 0 Å². The molecule has 0 amide bonds. The monoisotopic (exact) mass is 219 g/mol. The molecule has 0 saturated carbocycles. The third-order valence-corrected chi connectivity index (χ3v) is 3.45. The molecule has 2 rings (SSSR count). The van der Waals surface area contributed by atoms with E-state index >= 15 is 0 Å². The fraction of sp³-hybridized carbons (Fsp3) is 0.462. The number of aliphatic carboxylic acids is 1.